The average molecular weight is 1200 g/mol. The van der Waals surface area contributed by atoms with E-state index < -0.39 is 94.3 Å². The quantitative estimate of drug-likeness (QED) is 0.0363. The molecule has 0 radical (unpaired) electrons. The maximum atomic E-state index is 15.0. The number of nitro benzene ring substituents is 2. The van der Waals surface area contributed by atoms with Gasteiger partial charge in [0.2, 0.25) is 5.78 Å². The van der Waals surface area contributed by atoms with Gasteiger partial charge in [0, 0.05) is 83.2 Å². The number of allylic oxidation sites excluding steroid dienone is 5. The number of fused-ring (bicyclic) bond motifs is 3. The van der Waals surface area contributed by atoms with Gasteiger partial charge in [-0.15, -0.1) is 0 Å². The van der Waals surface area contributed by atoms with Crippen LogP contribution in [0.1, 0.15) is 131 Å². The molecule has 3 fully saturated rings. The maximum absolute atomic E-state index is 15.0. The van der Waals surface area contributed by atoms with E-state index in [0.29, 0.717) is 76.2 Å². The van der Waals surface area contributed by atoms with Gasteiger partial charge in [0.15, 0.2) is 0 Å². The number of hydrogen-bond donors (Lipinski definition) is 0. The lowest BCUT2D eigenvalue weighted by atomic mass is 9.78. The van der Waals surface area contributed by atoms with Crippen molar-refractivity contribution in [1.82, 2.24) is 4.90 Å². The first-order chi connectivity index (χ1) is 41.1. The minimum Gasteiger partial charge on any atom is -0.460 e. The van der Waals surface area contributed by atoms with Crippen LogP contribution in [0.4, 0.5) is 21.0 Å². The Morgan fingerprint density at radius 2 is 1.31 bits per heavy atom. The Kier molecular flexibility index (Phi) is 26.2. The number of methoxy groups -OCH3 is 3. The Morgan fingerprint density at radius 3 is 1.92 bits per heavy atom. The number of Topliss-reactive ketones (excluding diaryl/α,β-unsaturated/α-hetero) is 2. The number of ether oxygens (including phenoxy) is 9. The summed E-state index contributed by atoms with van der Waals surface area (Å²) in [5.74, 6) is -3.84. The van der Waals surface area contributed by atoms with Crippen molar-refractivity contribution in [3.8, 4) is 11.5 Å². The van der Waals surface area contributed by atoms with Gasteiger partial charge in [-0.2, -0.15) is 0 Å². The van der Waals surface area contributed by atoms with E-state index in [-0.39, 0.29) is 84.4 Å². The highest BCUT2D eigenvalue weighted by Gasteiger charge is 2.43. The highest BCUT2D eigenvalue weighted by Crippen LogP contribution is 2.37. The fraction of sp³-hybridized carbons (Fsp3) is 0.594. The van der Waals surface area contributed by atoms with Gasteiger partial charge in [-0.1, -0.05) is 64.2 Å². The number of rotatable bonds is 12. The van der Waals surface area contributed by atoms with Gasteiger partial charge in [-0.05, 0) is 138 Å². The fourth-order valence-corrected chi connectivity index (χ4v) is 12.0. The molecule has 2 saturated heterocycles. The minimum absolute atomic E-state index is 0.00913. The number of nitro groups is 2. The molecule has 6 rings (SSSR count). The average Bonchev–Trinajstić information content (AvgIpc) is 2.73. The van der Waals surface area contributed by atoms with E-state index in [1.54, 1.807) is 14.0 Å². The summed E-state index contributed by atoms with van der Waals surface area (Å²) in [5.41, 5.74) is 1.20. The molecule has 22 nitrogen and oxygen atoms in total. The van der Waals surface area contributed by atoms with Gasteiger partial charge in [0.1, 0.15) is 47.7 Å². The van der Waals surface area contributed by atoms with Crippen LogP contribution >= 0.6 is 0 Å². The molecule has 14 atom stereocenters. The Hall–Kier alpha value is -7.14. The molecule has 0 spiro atoms. The predicted octanol–water partition coefficient (Wildman–Crippen LogP) is 11.7. The van der Waals surface area contributed by atoms with E-state index in [4.69, 9.17) is 42.6 Å². The van der Waals surface area contributed by atoms with E-state index in [1.165, 1.54) is 67.7 Å². The van der Waals surface area contributed by atoms with Crippen LogP contribution in [0.15, 0.2) is 96.1 Å². The topological polar surface area (TPSA) is 275 Å². The van der Waals surface area contributed by atoms with Crippen LogP contribution < -0.4 is 9.47 Å². The number of ketones is 2. The zero-order valence-electron chi connectivity index (χ0n) is 50.9. The Balaban J connectivity index is 1.33. The second-order valence-corrected chi connectivity index (χ2v) is 23.4. The van der Waals surface area contributed by atoms with Crippen molar-refractivity contribution in [2.45, 2.75) is 186 Å². The lowest BCUT2D eigenvalue weighted by Crippen LogP contribution is -2.54. The molecule has 470 valence electrons. The first-order valence-corrected chi connectivity index (χ1v) is 29.8. The van der Waals surface area contributed by atoms with Crippen molar-refractivity contribution >= 4 is 47.1 Å². The third-order valence-corrected chi connectivity index (χ3v) is 17.0. The normalized spacial score (nSPS) is 31.2. The van der Waals surface area contributed by atoms with Crippen molar-refractivity contribution < 1.29 is 81.2 Å². The standard InChI is InChI=1S/C64H85N3O19/c1-39-16-11-10-12-17-40(2)55(78-7)36-50-18-15-20-54(81-50)60(69)61(70)65-31-14-13-19-51(65)62(71)84-57(44(6)34-45-21-30-53(59(35-45)80-9)85-63(72)82-48-26-22-46(23-27-48)66(74)75)38-58(86-64(73)83-49-28-24-47(25-29-49)67(76)77)43(5)33-42(4)56(79-8)37-52(68)41(3)32-39/h10-12,16-17,22-29,33,39,41,43-45,50-51,53-59H,13-15,18-21,30-32,34-38H2,1-9H3/b12-10+,16-11+,40-17+,42-33+/t39-,41-,43-,44-,45+,50?,51+,53-,54?,55+,56+,57+,58-,59-/m1/s1. The maximum Gasteiger partial charge on any atom is 0.514 e. The highest BCUT2D eigenvalue weighted by molar-refractivity contribution is 6.38. The number of piperidine rings is 1. The second-order valence-electron chi connectivity index (χ2n) is 23.4. The summed E-state index contributed by atoms with van der Waals surface area (Å²) >= 11 is 0. The van der Waals surface area contributed by atoms with Gasteiger partial charge < -0.3 is 47.5 Å². The van der Waals surface area contributed by atoms with Crippen LogP contribution in [0.5, 0.6) is 11.5 Å². The van der Waals surface area contributed by atoms with E-state index >= 15 is 0 Å². The lowest BCUT2D eigenvalue weighted by Gasteiger charge is -2.39. The number of hydrogen-bond acceptors (Lipinski definition) is 19. The van der Waals surface area contributed by atoms with Gasteiger partial charge in [0.25, 0.3) is 17.3 Å². The number of esters is 1. The summed E-state index contributed by atoms with van der Waals surface area (Å²) < 4.78 is 53.4. The zero-order valence-corrected chi connectivity index (χ0v) is 50.9. The molecule has 2 aromatic rings. The summed E-state index contributed by atoms with van der Waals surface area (Å²) in [5, 5.41) is 22.6. The third-order valence-electron chi connectivity index (χ3n) is 17.0. The summed E-state index contributed by atoms with van der Waals surface area (Å²) in [4.78, 5) is 107. The summed E-state index contributed by atoms with van der Waals surface area (Å²) in [7, 11) is 4.62. The molecule has 3 aliphatic heterocycles. The Bertz CT molecular complexity index is 2780. The number of benzene rings is 2. The number of nitrogens with zero attached hydrogens (tertiary/aromatic N) is 3. The van der Waals surface area contributed by atoms with E-state index in [9.17, 15) is 49.0 Å². The SMILES string of the molecule is CO[C@H]1CC(=O)[C@H](C)C[C@H](C)/C=C/C=C/C=C(\C)[C@@H](OC)CC2CCCC(O2)C(=O)C(=O)N2CCCC[C@H]2C(=O)O[C@H]([C@H](C)C[C@@H]2CC[C@@H](OC(=O)Oc3ccc([N+](=O)[O-])cc3)[C@H](OC)C2)C[C@@H](OC(=O)Oc2ccc([N+](=O)[O-])cc2)[C@H](C)/C=C/1C. The molecule has 3 heterocycles. The molecule has 0 N–H and O–H groups in total. The molecule has 4 aliphatic rings. The van der Waals surface area contributed by atoms with Gasteiger partial charge in [-0.3, -0.25) is 34.6 Å². The first-order valence-electron chi connectivity index (χ1n) is 29.8. The van der Waals surface area contributed by atoms with E-state index in [1.807, 2.05) is 71.1 Å². The molecule has 1 amide bonds. The van der Waals surface area contributed by atoms with E-state index in [2.05, 4.69) is 0 Å². The number of cyclic esters (lactones) is 1. The first kappa shape index (κ1) is 68.0. The largest absolute Gasteiger partial charge is 0.514 e. The lowest BCUT2D eigenvalue weighted by molar-refractivity contribution is -0.385. The van der Waals surface area contributed by atoms with Crippen LogP contribution in [-0.2, 0) is 52.3 Å². The van der Waals surface area contributed by atoms with Crippen molar-refractivity contribution in [3.63, 3.8) is 0 Å². The number of amides is 1. The van der Waals surface area contributed by atoms with Crippen molar-refractivity contribution in [3.05, 3.63) is 116 Å². The molecule has 0 aromatic heterocycles. The fourth-order valence-electron chi connectivity index (χ4n) is 12.0. The highest BCUT2D eigenvalue weighted by atomic mass is 16.7. The third kappa shape index (κ3) is 20.0. The summed E-state index contributed by atoms with van der Waals surface area (Å²) in [6.07, 6.45) is 9.19. The van der Waals surface area contributed by atoms with Gasteiger partial charge in [-0.25, -0.2) is 14.4 Å². The molecule has 86 heavy (non-hydrogen) atoms. The molecule has 1 aliphatic carbocycles. The van der Waals surface area contributed by atoms with Crippen LogP contribution in [0.3, 0.4) is 0 Å². The Morgan fingerprint density at radius 1 is 0.686 bits per heavy atom. The van der Waals surface area contributed by atoms with Crippen molar-refractivity contribution in [2.24, 2.45) is 29.6 Å². The van der Waals surface area contributed by atoms with Crippen LogP contribution in [0, 0.1) is 49.8 Å². The van der Waals surface area contributed by atoms with Gasteiger partial charge >= 0.3 is 18.3 Å². The monoisotopic (exact) mass is 1200 g/mol. The predicted molar refractivity (Wildman–Crippen MR) is 315 cm³/mol. The van der Waals surface area contributed by atoms with Crippen LogP contribution in [0.2, 0.25) is 0 Å². The van der Waals surface area contributed by atoms with Crippen molar-refractivity contribution in [1.29, 1.82) is 0 Å². The summed E-state index contributed by atoms with van der Waals surface area (Å²) in [6.45, 7) is 11.5. The minimum atomic E-state index is -1.15. The van der Waals surface area contributed by atoms with Gasteiger partial charge in [0.05, 0.1) is 34.3 Å². The molecular formula is C64H85N3O19. The molecular weight excluding hydrogens is 1110 g/mol. The number of carbonyl (C=O) groups excluding carboxylic acids is 6. The Labute approximate surface area is 503 Å². The smallest absolute Gasteiger partial charge is 0.460 e. The number of non-ortho nitro benzene ring substituents is 2. The van der Waals surface area contributed by atoms with Crippen LogP contribution in [0.25, 0.3) is 0 Å². The molecule has 2 bridgehead atoms. The summed E-state index contributed by atoms with van der Waals surface area (Å²) in [6, 6.07) is 8.70. The second kappa shape index (κ2) is 33.1. The molecule has 2 unspecified atom stereocenters. The van der Waals surface area contributed by atoms with Crippen LogP contribution in [-0.4, -0.2) is 133 Å². The zero-order chi connectivity index (χ0) is 62.6. The number of carbonyl (C=O) groups is 6. The van der Waals surface area contributed by atoms with E-state index in [0.717, 1.165) is 5.57 Å². The molecule has 2 aromatic carbocycles. The molecule has 22 heteroatoms. The van der Waals surface area contributed by atoms with Crippen molar-refractivity contribution in [2.75, 3.05) is 27.9 Å². The molecule has 1 saturated carbocycles.